The van der Waals surface area contributed by atoms with Crippen LogP contribution in [0.1, 0.15) is 56.9 Å². The van der Waals surface area contributed by atoms with E-state index in [4.69, 9.17) is 5.26 Å². The van der Waals surface area contributed by atoms with Gasteiger partial charge in [-0.05, 0) is 57.6 Å². The van der Waals surface area contributed by atoms with E-state index in [9.17, 15) is 5.11 Å². The van der Waals surface area contributed by atoms with E-state index in [1.165, 1.54) is 43.4 Å². The predicted octanol–water partition coefficient (Wildman–Crippen LogP) is 3.67. The van der Waals surface area contributed by atoms with E-state index in [2.05, 4.69) is 42.5 Å². The highest BCUT2D eigenvalue weighted by Crippen LogP contribution is 2.41. The van der Waals surface area contributed by atoms with Crippen LogP contribution in [0, 0.1) is 11.3 Å². The summed E-state index contributed by atoms with van der Waals surface area (Å²) in [6, 6.07) is 8.69. The van der Waals surface area contributed by atoms with E-state index in [0.717, 1.165) is 18.7 Å². The quantitative estimate of drug-likeness (QED) is 0.570. The Labute approximate surface area is 201 Å². The maximum Gasteiger partial charge on any atom is 0.218 e. The summed E-state index contributed by atoms with van der Waals surface area (Å²) in [7, 11) is 0. The number of aromatic nitrogens is 5. The van der Waals surface area contributed by atoms with E-state index < -0.39 is 0 Å². The Hall–Kier alpha value is -3.16. The van der Waals surface area contributed by atoms with Gasteiger partial charge in [0.1, 0.15) is 16.8 Å². The molecule has 4 heterocycles. The van der Waals surface area contributed by atoms with Gasteiger partial charge in [-0.2, -0.15) is 5.26 Å². The number of anilines is 1. The zero-order valence-corrected chi connectivity index (χ0v) is 19.8. The van der Waals surface area contributed by atoms with Crippen LogP contribution in [0.15, 0.2) is 24.4 Å². The molecule has 0 radical (unpaired) electrons. The highest BCUT2D eigenvalue weighted by Gasteiger charge is 2.45. The van der Waals surface area contributed by atoms with Crippen molar-refractivity contribution in [3.05, 3.63) is 29.4 Å². The van der Waals surface area contributed by atoms with Gasteiger partial charge in [-0.3, -0.25) is 0 Å². The number of hydrogen-bond donors (Lipinski definition) is 2. The van der Waals surface area contributed by atoms with Gasteiger partial charge in [0.05, 0.1) is 11.8 Å². The zero-order valence-electron chi connectivity index (χ0n) is 19.0. The van der Waals surface area contributed by atoms with Crippen LogP contribution in [0.25, 0.3) is 22.0 Å². The van der Waals surface area contributed by atoms with Crippen LogP contribution in [0.5, 0.6) is 5.75 Å². The highest BCUT2D eigenvalue weighted by molar-refractivity contribution is 7.15. The van der Waals surface area contributed by atoms with Crippen molar-refractivity contribution in [2.75, 3.05) is 4.90 Å². The van der Waals surface area contributed by atoms with Crippen LogP contribution in [0.3, 0.4) is 0 Å². The number of nitrogens with zero attached hydrogens (tertiary/aromatic N) is 7. The average molecular weight is 475 g/mol. The molecule has 10 heteroatoms. The zero-order chi connectivity index (χ0) is 23.3. The minimum absolute atomic E-state index is 0.0407. The summed E-state index contributed by atoms with van der Waals surface area (Å²) in [5.41, 5.74) is 1.40. The molecule has 1 aliphatic carbocycles. The van der Waals surface area contributed by atoms with Gasteiger partial charge in [0.25, 0.3) is 0 Å². The second kappa shape index (κ2) is 8.25. The molecule has 6 rings (SSSR count). The van der Waals surface area contributed by atoms with Crippen LogP contribution >= 0.6 is 11.3 Å². The third kappa shape index (κ3) is 3.99. The molecule has 0 unspecified atom stereocenters. The summed E-state index contributed by atoms with van der Waals surface area (Å²) in [5, 5.41) is 41.1. The van der Waals surface area contributed by atoms with Crippen LogP contribution in [0.2, 0.25) is 0 Å². The van der Waals surface area contributed by atoms with Gasteiger partial charge in [-0.15, -0.1) is 20.4 Å². The summed E-state index contributed by atoms with van der Waals surface area (Å²) < 4.78 is 0. The van der Waals surface area contributed by atoms with Gasteiger partial charge in [-0.25, -0.2) is 4.98 Å². The predicted molar refractivity (Wildman–Crippen MR) is 128 cm³/mol. The molecular formula is C24H26N8OS. The summed E-state index contributed by atoms with van der Waals surface area (Å²) in [6.07, 6.45) is 10.2. The number of nitriles is 1. The molecule has 2 aromatic heterocycles. The van der Waals surface area contributed by atoms with Crippen LogP contribution in [-0.2, 0) is 0 Å². The van der Waals surface area contributed by atoms with Crippen molar-refractivity contribution in [1.82, 2.24) is 30.7 Å². The van der Waals surface area contributed by atoms with Gasteiger partial charge in [0.15, 0.2) is 11.6 Å². The molecule has 2 saturated heterocycles. The van der Waals surface area contributed by atoms with Crippen molar-refractivity contribution < 1.29 is 5.11 Å². The lowest BCUT2D eigenvalue weighted by Crippen LogP contribution is -2.61. The van der Waals surface area contributed by atoms with Crippen molar-refractivity contribution >= 4 is 17.2 Å². The van der Waals surface area contributed by atoms with Crippen LogP contribution < -0.4 is 10.2 Å². The van der Waals surface area contributed by atoms with Crippen molar-refractivity contribution in [3.8, 4) is 33.8 Å². The Morgan fingerprint density at radius 2 is 2.06 bits per heavy atom. The van der Waals surface area contributed by atoms with E-state index in [1.807, 2.05) is 12.1 Å². The molecule has 174 valence electrons. The molecule has 1 aromatic carbocycles. The van der Waals surface area contributed by atoms with Gasteiger partial charge in [-0.1, -0.05) is 23.8 Å². The molecule has 34 heavy (non-hydrogen) atoms. The molecule has 2 N–H and O–H groups in total. The van der Waals surface area contributed by atoms with E-state index >= 15 is 0 Å². The number of piperidine rings is 2. The normalized spacial score (nSPS) is 26.1. The number of fused-ring (bicyclic) bond motifs is 2. The smallest absolute Gasteiger partial charge is 0.218 e. The standard InChI is InChI=1S/C24H26N8OS/c1-24-8-2-3-15(27-24)10-17(11-24)32(16-5-6-16)20-13-26-22(30-28-20)18-7-4-14(9-19(18)33)23-31-29-21(12-25)34-23/h4,7,9,13,15-17,27,33H,2-3,5-6,8,10-11H2,1H3/t15-,17-,24+/m0/s1. The lowest BCUT2D eigenvalue weighted by molar-refractivity contribution is 0.138. The fourth-order valence-electron chi connectivity index (χ4n) is 5.63. The second-order valence-electron chi connectivity index (χ2n) is 9.92. The number of hydrogen-bond acceptors (Lipinski definition) is 10. The third-order valence-corrected chi connectivity index (χ3v) is 8.11. The van der Waals surface area contributed by atoms with Crippen LogP contribution in [0.4, 0.5) is 5.82 Å². The minimum atomic E-state index is 0.0407. The molecule has 2 aliphatic heterocycles. The maximum atomic E-state index is 10.6. The topological polar surface area (TPSA) is 124 Å². The number of nitrogens with one attached hydrogen (secondary N) is 1. The summed E-state index contributed by atoms with van der Waals surface area (Å²) >= 11 is 1.18. The number of benzene rings is 1. The first-order valence-electron chi connectivity index (χ1n) is 11.8. The van der Waals surface area contributed by atoms with Crippen molar-refractivity contribution in [2.45, 2.75) is 75.5 Å². The lowest BCUT2D eigenvalue weighted by atomic mass is 9.75. The number of phenols is 1. The van der Waals surface area contributed by atoms with Gasteiger partial charge >= 0.3 is 0 Å². The number of rotatable bonds is 5. The third-order valence-electron chi connectivity index (χ3n) is 7.23. The minimum Gasteiger partial charge on any atom is -0.507 e. The molecule has 9 nitrogen and oxygen atoms in total. The van der Waals surface area contributed by atoms with Gasteiger partial charge in [0, 0.05) is 29.2 Å². The molecule has 1 saturated carbocycles. The second-order valence-corrected chi connectivity index (χ2v) is 10.9. The van der Waals surface area contributed by atoms with E-state index in [0.29, 0.717) is 40.1 Å². The van der Waals surface area contributed by atoms with Crippen molar-refractivity contribution in [2.24, 2.45) is 0 Å². The molecule has 3 atom stereocenters. The fourth-order valence-corrected chi connectivity index (χ4v) is 6.27. The first kappa shape index (κ1) is 21.4. The average Bonchev–Trinajstić information content (AvgIpc) is 3.53. The molecule has 2 bridgehead atoms. The molecule has 3 aromatic rings. The Morgan fingerprint density at radius 1 is 1.18 bits per heavy atom. The maximum absolute atomic E-state index is 10.6. The largest absolute Gasteiger partial charge is 0.507 e. The van der Waals surface area contributed by atoms with Gasteiger partial charge in [0.2, 0.25) is 5.01 Å². The summed E-state index contributed by atoms with van der Waals surface area (Å²) in [6.45, 7) is 2.36. The molecular weight excluding hydrogens is 448 g/mol. The first-order valence-corrected chi connectivity index (χ1v) is 12.7. The van der Waals surface area contributed by atoms with E-state index in [-0.39, 0.29) is 16.3 Å². The highest BCUT2D eigenvalue weighted by atomic mass is 32.1. The molecule has 0 amide bonds. The van der Waals surface area contributed by atoms with Gasteiger partial charge < -0.3 is 15.3 Å². The lowest BCUT2D eigenvalue weighted by Gasteiger charge is -2.50. The van der Waals surface area contributed by atoms with E-state index in [1.54, 1.807) is 18.3 Å². The molecule has 3 fully saturated rings. The SMILES string of the molecule is C[C@@]12CCC[C@@H](C[C@H](N(c3cnc(-c4ccc(-c5nnc(C#N)s5)cc4O)nn3)C3CC3)C1)N2. The van der Waals surface area contributed by atoms with Crippen LogP contribution in [-0.4, -0.2) is 54.1 Å². The van der Waals surface area contributed by atoms with Crippen molar-refractivity contribution in [3.63, 3.8) is 0 Å². The molecule has 0 spiro atoms. The van der Waals surface area contributed by atoms with Crippen molar-refractivity contribution in [1.29, 1.82) is 5.26 Å². The molecule has 3 aliphatic rings. The summed E-state index contributed by atoms with van der Waals surface area (Å²) in [4.78, 5) is 7.05. The Bertz CT molecular complexity index is 1250. The Morgan fingerprint density at radius 3 is 2.74 bits per heavy atom. The summed E-state index contributed by atoms with van der Waals surface area (Å²) in [5.74, 6) is 1.25. The number of phenolic OH excluding ortho intramolecular Hbond substituents is 1. The number of aromatic hydroxyl groups is 1. The Balaban J connectivity index is 1.25. The fraction of sp³-hybridized carbons (Fsp3) is 0.500. The first-order chi connectivity index (χ1) is 16.5. The monoisotopic (exact) mass is 474 g/mol. The Kier molecular flexibility index (Phi) is 5.19.